The van der Waals surface area contributed by atoms with Gasteiger partial charge in [-0.05, 0) is 51.9 Å². The van der Waals surface area contributed by atoms with Crippen molar-refractivity contribution in [1.82, 2.24) is 0 Å². The van der Waals surface area contributed by atoms with Crippen molar-refractivity contribution in [3.8, 4) is 0 Å². The first-order chi connectivity index (χ1) is 15.2. The monoisotopic (exact) mass is 427 g/mol. The van der Waals surface area contributed by atoms with Crippen LogP contribution in [0, 0.1) is 11.8 Å². The molecule has 4 heteroatoms. The minimum absolute atomic E-state index is 0.647. The van der Waals surface area contributed by atoms with E-state index in [1.54, 1.807) is 0 Å². The van der Waals surface area contributed by atoms with Crippen LogP contribution in [0.3, 0.4) is 0 Å². The normalized spacial score (nSPS) is 20.1. The van der Waals surface area contributed by atoms with Crippen molar-refractivity contribution in [3.05, 3.63) is 72.8 Å². The maximum atomic E-state index is 6.70. The van der Waals surface area contributed by atoms with E-state index in [2.05, 4.69) is 91.3 Å². The largest absolute Gasteiger partial charge is 0.408 e. The van der Waals surface area contributed by atoms with E-state index < -0.39 is 8.16 Å². The van der Waals surface area contributed by atoms with Gasteiger partial charge in [-0.2, -0.15) is 0 Å². The minimum atomic E-state index is -1.22. The molecular formula is C27H26NO2P. The van der Waals surface area contributed by atoms with Crippen molar-refractivity contribution in [3.63, 3.8) is 0 Å². The molecule has 1 saturated heterocycles. The van der Waals surface area contributed by atoms with E-state index in [4.69, 9.17) is 8.39 Å². The van der Waals surface area contributed by atoms with Crippen molar-refractivity contribution in [1.29, 1.82) is 0 Å². The number of rotatable bonds is 1. The zero-order valence-electron chi connectivity index (χ0n) is 17.9. The SMILES string of the molecule is CC1CC(C)CN(p2oc3ccc4ccccc4c3c3c(ccc4ccccc43)o2)C1. The fraction of sp³-hybridized carbons (Fsp3) is 0.259. The highest BCUT2D eigenvalue weighted by atomic mass is 31.1. The van der Waals surface area contributed by atoms with Crippen molar-refractivity contribution < 1.29 is 8.39 Å². The van der Waals surface area contributed by atoms with Crippen LogP contribution in [0.1, 0.15) is 20.3 Å². The summed E-state index contributed by atoms with van der Waals surface area (Å²) in [5, 5.41) is 7.14. The Morgan fingerprint density at radius 1 is 0.677 bits per heavy atom. The molecule has 0 amide bonds. The van der Waals surface area contributed by atoms with Crippen LogP contribution in [0.4, 0.5) is 0 Å². The van der Waals surface area contributed by atoms with Crippen LogP contribution in [0.5, 0.6) is 0 Å². The maximum Gasteiger partial charge on any atom is 0.309 e. The van der Waals surface area contributed by atoms with Gasteiger partial charge in [-0.25, -0.2) is 4.67 Å². The Morgan fingerprint density at radius 2 is 1.16 bits per heavy atom. The summed E-state index contributed by atoms with van der Waals surface area (Å²) in [5.74, 6) is 1.29. The van der Waals surface area contributed by atoms with Gasteiger partial charge in [0.05, 0.1) is 0 Å². The van der Waals surface area contributed by atoms with Crippen LogP contribution in [-0.2, 0) is 0 Å². The van der Waals surface area contributed by atoms with Gasteiger partial charge in [-0.15, -0.1) is 0 Å². The summed E-state index contributed by atoms with van der Waals surface area (Å²) >= 11 is 0. The molecule has 0 N–H and O–H groups in total. The Balaban J connectivity index is 1.78. The Labute approximate surface area is 182 Å². The predicted octanol–water partition coefficient (Wildman–Crippen LogP) is 8.21. The molecule has 31 heavy (non-hydrogen) atoms. The molecule has 0 aliphatic carbocycles. The molecule has 156 valence electrons. The van der Waals surface area contributed by atoms with E-state index >= 15 is 0 Å². The molecule has 1 aliphatic heterocycles. The second kappa shape index (κ2) is 7.44. The number of piperidine rings is 1. The van der Waals surface area contributed by atoms with E-state index in [0.717, 1.165) is 35.0 Å². The Morgan fingerprint density at radius 3 is 1.68 bits per heavy atom. The molecule has 0 spiro atoms. The van der Waals surface area contributed by atoms with E-state index in [1.165, 1.54) is 28.0 Å². The molecule has 0 radical (unpaired) electrons. The fourth-order valence-electron chi connectivity index (χ4n) is 5.24. The van der Waals surface area contributed by atoms with Gasteiger partial charge in [-0.1, -0.05) is 74.5 Å². The highest BCUT2D eigenvalue weighted by molar-refractivity contribution is 7.39. The number of hydrogen-bond acceptors (Lipinski definition) is 3. The summed E-state index contributed by atoms with van der Waals surface area (Å²) in [7, 11) is -1.22. The summed E-state index contributed by atoms with van der Waals surface area (Å²) in [6.45, 7) is 6.70. The Kier molecular flexibility index (Phi) is 4.56. The Bertz CT molecular complexity index is 1360. The third kappa shape index (κ3) is 3.24. The highest BCUT2D eigenvalue weighted by Gasteiger charge is 2.26. The van der Waals surface area contributed by atoms with E-state index in [1.807, 2.05) is 0 Å². The third-order valence-electron chi connectivity index (χ3n) is 6.46. The molecule has 2 heterocycles. The van der Waals surface area contributed by atoms with Gasteiger partial charge < -0.3 is 8.39 Å². The summed E-state index contributed by atoms with van der Waals surface area (Å²) in [6, 6.07) is 25.7. The predicted molar refractivity (Wildman–Crippen MR) is 132 cm³/mol. The van der Waals surface area contributed by atoms with E-state index in [9.17, 15) is 0 Å². The first kappa shape index (κ1) is 19.0. The van der Waals surface area contributed by atoms with E-state index in [0.29, 0.717) is 11.8 Å². The lowest BCUT2D eigenvalue weighted by Gasteiger charge is -2.32. The third-order valence-corrected chi connectivity index (χ3v) is 7.96. The standard InChI is InChI=1S/C27H26NO2P/c1-18-15-19(2)17-28(16-18)31-29-24-13-11-20-7-3-5-9-22(20)26(24)27-23-10-6-4-8-21(23)12-14-25(27)30-31/h3-14,18-19H,15-17H2,1-2H3. The average Bonchev–Trinajstić information content (AvgIpc) is 2.95. The maximum absolute atomic E-state index is 6.70. The molecule has 6 rings (SSSR count). The highest BCUT2D eigenvalue weighted by Crippen LogP contribution is 2.43. The van der Waals surface area contributed by atoms with Crippen LogP contribution in [0.25, 0.3) is 43.5 Å². The lowest BCUT2D eigenvalue weighted by atomic mass is 9.94. The number of benzene rings is 4. The van der Waals surface area contributed by atoms with Gasteiger partial charge in [0.25, 0.3) is 0 Å². The number of nitrogens with zero attached hydrogens (tertiary/aromatic N) is 1. The minimum Gasteiger partial charge on any atom is -0.408 e. The second-order valence-corrected chi connectivity index (χ2v) is 10.5. The van der Waals surface area contributed by atoms with Gasteiger partial charge in [0.2, 0.25) is 0 Å². The molecule has 2 atom stereocenters. The van der Waals surface area contributed by atoms with Crippen molar-refractivity contribution in [2.75, 3.05) is 17.8 Å². The molecular weight excluding hydrogens is 401 g/mol. The zero-order chi connectivity index (χ0) is 20.9. The lowest BCUT2D eigenvalue weighted by molar-refractivity contribution is 0.362. The van der Waals surface area contributed by atoms with Gasteiger partial charge in [0.15, 0.2) is 0 Å². The molecule has 1 aromatic heterocycles. The van der Waals surface area contributed by atoms with Crippen LogP contribution < -0.4 is 4.67 Å². The van der Waals surface area contributed by atoms with Gasteiger partial charge in [-0.3, -0.25) is 0 Å². The quantitative estimate of drug-likeness (QED) is 0.270. The Hall–Kier alpha value is -2.74. The van der Waals surface area contributed by atoms with E-state index in [-0.39, 0.29) is 0 Å². The fourth-order valence-corrected chi connectivity index (χ4v) is 6.97. The van der Waals surface area contributed by atoms with Gasteiger partial charge in [0.1, 0.15) is 11.2 Å². The molecule has 1 fully saturated rings. The molecule has 0 saturated carbocycles. The van der Waals surface area contributed by atoms with Gasteiger partial charge in [0, 0.05) is 23.9 Å². The van der Waals surface area contributed by atoms with Crippen molar-refractivity contribution in [2.45, 2.75) is 20.3 Å². The molecule has 0 bridgehead atoms. The van der Waals surface area contributed by atoms with Crippen LogP contribution in [0.2, 0.25) is 0 Å². The molecule has 1 aliphatic rings. The van der Waals surface area contributed by atoms with Crippen LogP contribution >= 0.6 is 8.16 Å². The number of hydrogen-bond donors (Lipinski definition) is 0. The van der Waals surface area contributed by atoms with Gasteiger partial charge >= 0.3 is 8.16 Å². The smallest absolute Gasteiger partial charge is 0.309 e. The summed E-state index contributed by atoms with van der Waals surface area (Å²) in [6.07, 6.45) is 1.27. The van der Waals surface area contributed by atoms with Crippen molar-refractivity contribution >= 4 is 51.6 Å². The lowest BCUT2D eigenvalue weighted by Crippen LogP contribution is -2.36. The first-order valence-electron chi connectivity index (χ1n) is 11.1. The van der Waals surface area contributed by atoms with Crippen molar-refractivity contribution in [2.24, 2.45) is 11.8 Å². The molecule has 3 nitrogen and oxygen atoms in total. The first-order valence-corrected chi connectivity index (χ1v) is 12.2. The summed E-state index contributed by atoms with van der Waals surface area (Å²) < 4.78 is 15.8. The summed E-state index contributed by atoms with van der Waals surface area (Å²) in [4.78, 5) is 0. The van der Waals surface area contributed by atoms with Crippen LogP contribution in [0.15, 0.2) is 81.2 Å². The summed E-state index contributed by atoms with van der Waals surface area (Å²) in [5.41, 5.74) is 1.84. The van der Waals surface area contributed by atoms with Crippen LogP contribution in [-0.4, -0.2) is 13.1 Å². The molecule has 5 aromatic rings. The molecule has 2 unspecified atom stereocenters. The zero-order valence-corrected chi connectivity index (χ0v) is 18.8. The number of fused-ring (bicyclic) bond motifs is 7. The molecule has 4 aromatic carbocycles. The average molecular weight is 427 g/mol. The topological polar surface area (TPSA) is 29.5 Å². The second-order valence-electron chi connectivity index (χ2n) is 9.06.